The molecule has 0 N–H and O–H groups in total. The highest BCUT2D eigenvalue weighted by Crippen LogP contribution is 2.36. The largest absolute Gasteiger partial charge is 0.492 e. The number of fused-ring (bicyclic) bond motifs is 2. The van der Waals surface area contributed by atoms with Crippen LogP contribution >= 0.6 is 0 Å². The van der Waals surface area contributed by atoms with E-state index in [4.69, 9.17) is 9.47 Å². The maximum absolute atomic E-state index is 13.1. The fraction of sp³-hybridized carbons (Fsp3) is 0.484. The Hall–Kier alpha value is -3.28. The normalized spacial score (nSPS) is 20.0. The number of carbonyl (C=O) groups is 2. The quantitative estimate of drug-likeness (QED) is 0.345. The van der Waals surface area contributed by atoms with E-state index in [1.54, 1.807) is 0 Å². The van der Waals surface area contributed by atoms with Gasteiger partial charge >= 0.3 is 5.97 Å². The average Bonchev–Trinajstić information content (AvgIpc) is 3.54. The lowest BCUT2D eigenvalue weighted by atomic mass is 9.82. The molecule has 5 rings (SSSR count). The van der Waals surface area contributed by atoms with E-state index in [0.717, 1.165) is 30.9 Å². The zero-order valence-corrected chi connectivity index (χ0v) is 21.8. The van der Waals surface area contributed by atoms with Crippen LogP contribution in [0.2, 0.25) is 0 Å². The van der Waals surface area contributed by atoms with Gasteiger partial charge in [-0.2, -0.15) is 0 Å². The lowest BCUT2D eigenvalue weighted by Crippen LogP contribution is -2.33. The van der Waals surface area contributed by atoms with Gasteiger partial charge in [0.15, 0.2) is 0 Å². The van der Waals surface area contributed by atoms with Crippen molar-refractivity contribution in [3.05, 3.63) is 66.4 Å². The van der Waals surface area contributed by atoms with E-state index in [-0.39, 0.29) is 18.3 Å². The summed E-state index contributed by atoms with van der Waals surface area (Å²) < 4.78 is 13.5. The minimum atomic E-state index is -0.469. The molecule has 1 unspecified atom stereocenters. The zero-order chi connectivity index (χ0) is 25.6. The summed E-state index contributed by atoms with van der Waals surface area (Å²) in [5.41, 5.74) is 2.21. The summed E-state index contributed by atoms with van der Waals surface area (Å²) in [5, 5.41) is 1.23. The third-order valence-electron chi connectivity index (χ3n) is 8.06. The number of benzene rings is 2. The van der Waals surface area contributed by atoms with Gasteiger partial charge in [0.05, 0.1) is 19.1 Å². The van der Waals surface area contributed by atoms with Gasteiger partial charge < -0.3 is 18.9 Å². The first kappa shape index (κ1) is 25.4. The molecule has 196 valence electrons. The molecule has 0 spiro atoms. The maximum atomic E-state index is 13.1. The second-order valence-electron chi connectivity index (χ2n) is 10.5. The Morgan fingerprint density at radius 1 is 0.973 bits per heavy atom. The van der Waals surface area contributed by atoms with Crippen molar-refractivity contribution in [3.8, 4) is 5.75 Å². The molecule has 1 amide bonds. The van der Waals surface area contributed by atoms with Gasteiger partial charge in [-0.25, -0.2) is 0 Å². The minimum absolute atomic E-state index is 0.0879. The van der Waals surface area contributed by atoms with Gasteiger partial charge in [0.25, 0.3) is 0 Å². The molecule has 1 saturated carbocycles. The number of nitrogens with zero attached hydrogens (tertiary/aromatic N) is 2. The van der Waals surface area contributed by atoms with Crippen LogP contribution in [0.15, 0.2) is 60.8 Å². The van der Waals surface area contributed by atoms with Gasteiger partial charge in [-0.3, -0.25) is 9.59 Å². The van der Waals surface area contributed by atoms with E-state index in [1.807, 2.05) is 48.2 Å². The third kappa shape index (κ3) is 6.17. The first-order valence-electron chi connectivity index (χ1n) is 13.8. The molecule has 1 aliphatic carbocycles. The molecular weight excluding hydrogens is 464 g/mol. The van der Waals surface area contributed by atoms with E-state index in [2.05, 4.69) is 29.0 Å². The van der Waals surface area contributed by atoms with Crippen molar-refractivity contribution < 1.29 is 19.1 Å². The summed E-state index contributed by atoms with van der Waals surface area (Å²) in [7, 11) is 0. The summed E-state index contributed by atoms with van der Waals surface area (Å²) in [4.78, 5) is 27.9. The van der Waals surface area contributed by atoms with Crippen molar-refractivity contribution in [2.45, 2.75) is 52.0 Å². The van der Waals surface area contributed by atoms with Gasteiger partial charge in [-0.1, -0.05) is 43.2 Å². The Bertz CT molecular complexity index is 1190. The summed E-state index contributed by atoms with van der Waals surface area (Å²) in [5.74, 6) is 1.41. The van der Waals surface area contributed by atoms with Crippen LogP contribution < -0.4 is 4.74 Å². The van der Waals surface area contributed by atoms with E-state index >= 15 is 0 Å². The molecule has 2 aliphatic rings. The Balaban J connectivity index is 1.15. The summed E-state index contributed by atoms with van der Waals surface area (Å²) in [6.07, 6.45) is 7.79. The Morgan fingerprint density at radius 2 is 1.70 bits per heavy atom. The molecule has 3 atom stereocenters. The Kier molecular flexibility index (Phi) is 8.12. The van der Waals surface area contributed by atoms with Gasteiger partial charge in [-0.05, 0) is 73.2 Å². The SMILES string of the molecule is CCOC(=O)C(CC(=O)N1C[C@H]2CCCC[C@H]2C1)Cc1ccc(OCCn2ccc3ccccc32)cc1. The lowest BCUT2D eigenvalue weighted by molar-refractivity contribution is -0.151. The molecule has 0 bridgehead atoms. The van der Waals surface area contributed by atoms with Gasteiger partial charge in [0.1, 0.15) is 12.4 Å². The highest BCUT2D eigenvalue weighted by atomic mass is 16.5. The summed E-state index contributed by atoms with van der Waals surface area (Å²) in [6.45, 7) is 5.16. The van der Waals surface area contributed by atoms with E-state index in [9.17, 15) is 9.59 Å². The standard InChI is InChI=1S/C31H38N2O4/c1-2-36-31(35)27(20-30(34)33-21-25-8-3-4-9-26(25)22-33)19-23-11-13-28(14-12-23)37-18-17-32-16-15-24-7-5-6-10-29(24)32/h5-7,10-16,25-27H,2-4,8-9,17-22H2,1H3/t25-,26+,27?. The molecule has 1 saturated heterocycles. The predicted molar refractivity (Wildman–Crippen MR) is 144 cm³/mol. The number of ether oxygens (including phenoxy) is 2. The number of hydrogen-bond donors (Lipinski definition) is 0. The number of aromatic nitrogens is 1. The number of amides is 1. The van der Waals surface area contributed by atoms with Crippen LogP contribution in [0.3, 0.4) is 0 Å². The van der Waals surface area contributed by atoms with Crippen molar-refractivity contribution in [3.63, 3.8) is 0 Å². The van der Waals surface area contributed by atoms with Crippen LogP contribution in [0.5, 0.6) is 5.75 Å². The number of esters is 1. The lowest BCUT2D eigenvalue weighted by Gasteiger charge is -2.22. The maximum Gasteiger partial charge on any atom is 0.309 e. The van der Waals surface area contributed by atoms with Gasteiger partial charge in [0, 0.05) is 31.2 Å². The molecule has 1 aromatic heterocycles. The number of rotatable bonds is 10. The topological polar surface area (TPSA) is 60.8 Å². The van der Waals surface area contributed by atoms with Gasteiger partial charge in [-0.15, -0.1) is 0 Å². The predicted octanol–water partition coefficient (Wildman–Crippen LogP) is 5.48. The van der Waals surface area contributed by atoms with Crippen LogP contribution in [-0.2, 0) is 27.3 Å². The monoisotopic (exact) mass is 502 g/mol. The number of carbonyl (C=O) groups excluding carboxylic acids is 2. The number of hydrogen-bond acceptors (Lipinski definition) is 4. The van der Waals surface area contributed by atoms with Crippen LogP contribution in [0.25, 0.3) is 10.9 Å². The Labute approximate surface area is 219 Å². The highest BCUT2D eigenvalue weighted by molar-refractivity contribution is 5.83. The number of para-hydroxylation sites is 1. The first-order chi connectivity index (χ1) is 18.1. The molecule has 0 radical (unpaired) electrons. The Morgan fingerprint density at radius 3 is 2.43 bits per heavy atom. The molecule has 6 heteroatoms. The van der Waals surface area contributed by atoms with E-state index < -0.39 is 5.92 Å². The van der Waals surface area contributed by atoms with Crippen molar-refractivity contribution in [2.24, 2.45) is 17.8 Å². The van der Waals surface area contributed by atoms with Crippen molar-refractivity contribution in [1.29, 1.82) is 0 Å². The second-order valence-corrected chi connectivity index (χ2v) is 10.5. The molecule has 6 nitrogen and oxygen atoms in total. The fourth-order valence-corrected chi connectivity index (χ4v) is 6.05. The van der Waals surface area contributed by atoms with Crippen LogP contribution in [-0.4, -0.2) is 47.6 Å². The van der Waals surface area contributed by atoms with Gasteiger partial charge in [0.2, 0.25) is 5.91 Å². The summed E-state index contributed by atoms with van der Waals surface area (Å²) in [6, 6.07) is 18.3. The first-order valence-corrected chi connectivity index (χ1v) is 13.8. The average molecular weight is 503 g/mol. The second kappa shape index (κ2) is 11.8. The molecule has 2 aromatic carbocycles. The summed E-state index contributed by atoms with van der Waals surface area (Å²) >= 11 is 0. The minimum Gasteiger partial charge on any atom is -0.492 e. The number of likely N-dealkylation sites (tertiary alicyclic amines) is 1. The van der Waals surface area contributed by atoms with E-state index in [0.29, 0.717) is 31.5 Å². The molecular formula is C31H38N2O4. The molecule has 37 heavy (non-hydrogen) atoms. The van der Waals surface area contributed by atoms with E-state index in [1.165, 1.54) is 36.6 Å². The van der Waals surface area contributed by atoms with Crippen LogP contribution in [0, 0.1) is 17.8 Å². The fourth-order valence-electron chi connectivity index (χ4n) is 6.05. The van der Waals surface area contributed by atoms with Crippen LogP contribution in [0.4, 0.5) is 0 Å². The van der Waals surface area contributed by atoms with Crippen molar-refractivity contribution >= 4 is 22.8 Å². The molecule has 2 heterocycles. The third-order valence-corrected chi connectivity index (χ3v) is 8.06. The van der Waals surface area contributed by atoms with Crippen molar-refractivity contribution in [2.75, 3.05) is 26.3 Å². The van der Waals surface area contributed by atoms with Crippen molar-refractivity contribution in [1.82, 2.24) is 9.47 Å². The molecule has 3 aromatic rings. The van der Waals surface area contributed by atoms with Crippen LogP contribution in [0.1, 0.15) is 44.6 Å². The molecule has 1 aliphatic heterocycles. The smallest absolute Gasteiger partial charge is 0.309 e. The highest BCUT2D eigenvalue weighted by Gasteiger charge is 2.37. The zero-order valence-electron chi connectivity index (χ0n) is 21.8. The molecule has 2 fully saturated rings.